The predicted molar refractivity (Wildman–Crippen MR) is 61.1 cm³/mol. The molecule has 0 spiro atoms. The van der Waals surface area contributed by atoms with Gasteiger partial charge in [-0.1, -0.05) is 26.0 Å². The highest BCUT2D eigenvalue weighted by Gasteiger charge is 2.04. The van der Waals surface area contributed by atoms with E-state index in [-0.39, 0.29) is 0 Å². The molecule has 0 unspecified atom stereocenters. The Morgan fingerprint density at radius 3 is 2.57 bits per heavy atom. The SMILES string of the molecule is COc1cc(CC(C)C)ccc1CCl. The van der Waals surface area contributed by atoms with E-state index in [4.69, 9.17) is 16.3 Å². The Balaban J connectivity index is 2.89. The smallest absolute Gasteiger partial charge is 0.123 e. The largest absolute Gasteiger partial charge is 0.496 e. The third kappa shape index (κ3) is 2.91. The van der Waals surface area contributed by atoms with Gasteiger partial charge in [0.2, 0.25) is 0 Å². The van der Waals surface area contributed by atoms with Crippen molar-refractivity contribution >= 4 is 11.6 Å². The summed E-state index contributed by atoms with van der Waals surface area (Å²) >= 11 is 5.79. The fraction of sp³-hybridized carbons (Fsp3) is 0.500. The van der Waals surface area contributed by atoms with Crippen LogP contribution in [0.15, 0.2) is 18.2 Å². The number of alkyl halides is 1. The van der Waals surface area contributed by atoms with E-state index in [2.05, 4.69) is 26.0 Å². The van der Waals surface area contributed by atoms with Crippen LogP contribution in [0.4, 0.5) is 0 Å². The normalized spacial score (nSPS) is 10.6. The Bertz CT molecular complexity index is 294. The lowest BCUT2D eigenvalue weighted by molar-refractivity contribution is 0.410. The lowest BCUT2D eigenvalue weighted by Crippen LogP contribution is -1.96. The van der Waals surface area contributed by atoms with Crippen LogP contribution >= 0.6 is 11.6 Å². The number of rotatable bonds is 4. The first kappa shape index (κ1) is 11.4. The van der Waals surface area contributed by atoms with Crippen molar-refractivity contribution in [2.24, 2.45) is 5.92 Å². The molecule has 14 heavy (non-hydrogen) atoms. The van der Waals surface area contributed by atoms with Crippen molar-refractivity contribution in [2.75, 3.05) is 7.11 Å². The van der Waals surface area contributed by atoms with E-state index in [0.717, 1.165) is 17.7 Å². The Kier molecular flexibility index (Phi) is 4.27. The third-order valence-electron chi connectivity index (χ3n) is 2.14. The minimum absolute atomic E-state index is 0.505. The molecule has 1 aromatic rings. The van der Waals surface area contributed by atoms with Gasteiger partial charge in [-0.05, 0) is 24.0 Å². The van der Waals surface area contributed by atoms with Gasteiger partial charge in [-0.25, -0.2) is 0 Å². The summed E-state index contributed by atoms with van der Waals surface area (Å²) in [6, 6.07) is 6.25. The van der Waals surface area contributed by atoms with Gasteiger partial charge >= 0.3 is 0 Å². The molecule has 0 saturated carbocycles. The zero-order chi connectivity index (χ0) is 10.6. The second-order valence-corrected chi connectivity index (χ2v) is 4.15. The van der Waals surface area contributed by atoms with Crippen molar-refractivity contribution in [1.29, 1.82) is 0 Å². The second kappa shape index (κ2) is 5.26. The molecule has 0 N–H and O–H groups in total. The van der Waals surface area contributed by atoms with Gasteiger partial charge in [-0.15, -0.1) is 11.6 Å². The Morgan fingerprint density at radius 2 is 2.07 bits per heavy atom. The molecule has 0 bridgehead atoms. The highest BCUT2D eigenvalue weighted by Crippen LogP contribution is 2.23. The molecule has 0 aromatic heterocycles. The average molecular weight is 213 g/mol. The summed E-state index contributed by atoms with van der Waals surface area (Å²) in [7, 11) is 1.69. The predicted octanol–water partition coefficient (Wildman–Crippen LogP) is 3.63. The fourth-order valence-electron chi connectivity index (χ4n) is 1.50. The van der Waals surface area contributed by atoms with E-state index in [1.54, 1.807) is 7.11 Å². The van der Waals surface area contributed by atoms with Gasteiger partial charge < -0.3 is 4.74 Å². The van der Waals surface area contributed by atoms with Crippen molar-refractivity contribution in [3.05, 3.63) is 29.3 Å². The summed E-state index contributed by atoms with van der Waals surface area (Å²) in [5, 5.41) is 0. The molecule has 0 atom stereocenters. The topological polar surface area (TPSA) is 9.23 Å². The summed E-state index contributed by atoms with van der Waals surface area (Å²) in [5.41, 5.74) is 2.37. The molecule has 0 aliphatic carbocycles. The summed E-state index contributed by atoms with van der Waals surface area (Å²) in [6.07, 6.45) is 1.08. The van der Waals surface area contributed by atoms with Crippen molar-refractivity contribution < 1.29 is 4.74 Å². The molecule has 78 valence electrons. The average Bonchev–Trinajstić information content (AvgIpc) is 2.16. The van der Waals surface area contributed by atoms with Crippen LogP contribution in [0.2, 0.25) is 0 Å². The lowest BCUT2D eigenvalue weighted by Gasteiger charge is -2.10. The summed E-state index contributed by atoms with van der Waals surface area (Å²) in [4.78, 5) is 0. The Hall–Kier alpha value is -0.690. The molecule has 0 aliphatic rings. The van der Waals surface area contributed by atoms with E-state index in [9.17, 15) is 0 Å². The second-order valence-electron chi connectivity index (χ2n) is 3.88. The van der Waals surface area contributed by atoms with Gasteiger partial charge in [0.1, 0.15) is 5.75 Å². The minimum atomic E-state index is 0.505. The first-order chi connectivity index (χ1) is 6.67. The van der Waals surface area contributed by atoms with Gasteiger partial charge in [-0.2, -0.15) is 0 Å². The van der Waals surface area contributed by atoms with Crippen molar-refractivity contribution in [2.45, 2.75) is 26.1 Å². The van der Waals surface area contributed by atoms with Gasteiger partial charge in [0, 0.05) is 5.56 Å². The zero-order valence-electron chi connectivity index (χ0n) is 9.01. The van der Waals surface area contributed by atoms with Crippen LogP contribution in [-0.2, 0) is 12.3 Å². The van der Waals surface area contributed by atoms with Crippen LogP contribution in [-0.4, -0.2) is 7.11 Å². The van der Waals surface area contributed by atoms with Crippen LogP contribution < -0.4 is 4.74 Å². The molecule has 0 saturated heterocycles. The maximum absolute atomic E-state index is 5.79. The van der Waals surface area contributed by atoms with E-state index in [1.807, 2.05) is 6.07 Å². The van der Waals surface area contributed by atoms with Gasteiger partial charge in [0.15, 0.2) is 0 Å². The molecular formula is C12H17ClO. The Morgan fingerprint density at radius 1 is 1.36 bits per heavy atom. The molecule has 0 amide bonds. The molecule has 0 fully saturated rings. The summed E-state index contributed by atoms with van der Waals surface area (Å²) in [6.45, 7) is 4.42. The van der Waals surface area contributed by atoms with Crippen molar-refractivity contribution in [3.63, 3.8) is 0 Å². The van der Waals surface area contributed by atoms with Crippen LogP contribution in [0.5, 0.6) is 5.75 Å². The van der Waals surface area contributed by atoms with Gasteiger partial charge in [0.25, 0.3) is 0 Å². The number of halogens is 1. The van der Waals surface area contributed by atoms with Crippen LogP contribution in [0.3, 0.4) is 0 Å². The Labute approximate surface area is 91.0 Å². The first-order valence-corrected chi connectivity index (χ1v) is 5.42. The van der Waals surface area contributed by atoms with E-state index >= 15 is 0 Å². The number of benzene rings is 1. The number of hydrogen-bond acceptors (Lipinski definition) is 1. The zero-order valence-corrected chi connectivity index (χ0v) is 9.77. The molecule has 1 aromatic carbocycles. The van der Waals surface area contributed by atoms with Crippen LogP contribution in [0.25, 0.3) is 0 Å². The molecule has 1 nitrogen and oxygen atoms in total. The number of hydrogen-bond donors (Lipinski definition) is 0. The lowest BCUT2D eigenvalue weighted by atomic mass is 10.0. The monoisotopic (exact) mass is 212 g/mol. The highest BCUT2D eigenvalue weighted by molar-refractivity contribution is 6.17. The van der Waals surface area contributed by atoms with Crippen molar-refractivity contribution in [3.8, 4) is 5.75 Å². The van der Waals surface area contributed by atoms with Gasteiger partial charge in [-0.3, -0.25) is 0 Å². The third-order valence-corrected chi connectivity index (χ3v) is 2.43. The van der Waals surface area contributed by atoms with E-state index in [1.165, 1.54) is 5.56 Å². The van der Waals surface area contributed by atoms with Crippen molar-refractivity contribution in [1.82, 2.24) is 0 Å². The van der Waals surface area contributed by atoms with E-state index in [0.29, 0.717) is 11.8 Å². The minimum Gasteiger partial charge on any atom is -0.496 e. The number of ether oxygens (including phenoxy) is 1. The van der Waals surface area contributed by atoms with Crippen LogP contribution in [0, 0.1) is 5.92 Å². The molecule has 0 heterocycles. The molecule has 2 heteroatoms. The van der Waals surface area contributed by atoms with Crippen LogP contribution in [0.1, 0.15) is 25.0 Å². The fourth-order valence-corrected chi connectivity index (χ4v) is 1.72. The summed E-state index contributed by atoms with van der Waals surface area (Å²) in [5.74, 6) is 2.07. The van der Waals surface area contributed by atoms with Gasteiger partial charge in [0.05, 0.1) is 13.0 Å². The standard InChI is InChI=1S/C12H17ClO/c1-9(2)6-10-4-5-11(8-13)12(7-10)14-3/h4-5,7,9H,6,8H2,1-3H3. The highest BCUT2D eigenvalue weighted by atomic mass is 35.5. The summed E-state index contributed by atoms with van der Waals surface area (Å²) < 4.78 is 5.27. The molecular weight excluding hydrogens is 196 g/mol. The molecule has 1 rings (SSSR count). The maximum atomic E-state index is 5.79. The quantitative estimate of drug-likeness (QED) is 0.693. The molecule has 0 radical (unpaired) electrons. The number of methoxy groups -OCH3 is 1. The maximum Gasteiger partial charge on any atom is 0.123 e. The van der Waals surface area contributed by atoms with E-state index < -0.39 is 0 Å². The molecule has 0 aliphatic heterocycles. The first-order valence-electron chi connectivity index (χ1n) is 4.89.